The molecule has 128 valence electrons. The molecule has 0 fully saturated rings. The highest BCUT2D eigenvalue weighted by molar-refractivity contribution is 7.89. The highest BCUT2D eigenvalue weighted by Gasteiger charge is 2.28. The Morgan fingerprint density at radius 2 is 1.50 bits per heavy atom. The third-order valence-electron chi connectivity index (χ3n) is 3.61. The number of benzene rings is 2. The average Bonchev–Trinajstić information content (AvgIpc) is 2.59. The van der Waals surface area contributed by atoms with Gasteiger partial charge in [0, 0.05) is 0 Å². The lowest BCUT2D eigenvalue weighted by Gasteiger charge is -2.20. The van der Waals surface area contributed by atoms with Crippen LogP contribution in [0.25, 0.3) is 11.1 Å². The lowest BCUT2D eigenvalue weighted by molar-refractivity contribution is -0.131. The minimum atomic E-state index is -3.88. The highest BCUT2D eigenvalue weighted by Crippen LogP contribution is 2.21. The maximum atomic E-state index is 12.4. The molecule has 0 aromatic heterocycles. The minimum Gasteiger partial charge on any atom is -0.289 e. The molecule has 0 spiro atoms. The van der Waals surface area contributed by atoms with E-state index in [1.54, 1.807) is 26.0 Å². The molecule has 2 rings (SSSR count). The molecule has 2 aromatic carbocycles. The fourth-order valence-electron chi connectivity index (χ4n) is 2.25. The van der Waals surface area contributed by atoms with E-state index in [-0.39, 0.29) is 10.8 Å². The smallest absolute Gasteiger partial charge is 0.261 e. The quantitative estimate of drug-likeness (QED) is 0.551. The van der Waals surface area contributed by atoms with Crippen LogP contribution < -0.4 is 10.2 Å². The van der Waals surface area contributed by atoms with E-state index >= 15 is 0 Å². The molecule has 0 bridgehead atoms. The molecule has 0 radical (unpaired) electrons. The Morgan fingerprint density at radius 3 is 2.00 bits per heavy atom. The van der Waals surface area contributed by atoms with Crippen LogP contribution in [0, 0.1) is 5.92 Å². The van der Waals surface area contributed by atoms with Crippen LogP contribution in [-0.4, -0.2) is 25.6 Å². The highest BCUT2D eigenvalue weighted by atomic mass is 32.2. The predicted octanol–water partition coefficient (Wildman–Crippen LogP) is 2.16. The zero-order valence-electron chi connectivity index (χ0n) is 13.4. The zero-order chi connectivity index (χ0) is 17.7. The van der Waals surface area contributed by atoms with Crippen molar-refractivity contribution in [1.82, 2.24) is 10.2 Å². The van der Waals surface area contributed by atoms with E-state index in [1.807, 2.05) is 30.3 Å². The van der Waals surface area contributed by atoms with Crippen molar-refractivity contribution < 1.29 is 18.4 Å². The molecule has 1 amide bonds. The van der Waals surface area contributed by atoms with Crippen molar-refractivity contribution in [3.63, 3.8) is 0 Å². The summed E-state index contributed by atoms with van der Waals surface area (Å²) in [6.07, 6.45) is 0. The summed E-state index contributed by atoms with van der Waals surface area (Å²) in [5, 5.41) is 8.75. The molecule has 6 nitrogen and oxygen atoms in total. The number of rotatable bonds is 6. The van der Waals surface area contributed by atoms with Gasteiger partial charge in [0.05, 0.1) is 4.90 Å². The normalized spacial score (nSPS) is 12.8. The Labute approximate surface area is 141 Å². The average molecular weight is 348 g/mol. The second-order valence-electron chi connectivity index (χ2n) is 5.71. The van der Waals surface area contributed by atoms with Crippen LogP contribution in [0.2, 0.25) is 0 Å². The van der Waals surface area contributed by atoms with Crippen molar-refractivity contribution in [3.05, 3.63) is 54.6 Å². The molecular formula is C17H20N2O4S. The number of hydrogen-bond acceptors (Lipinski definition) is 4. The van der Waals surface area contributed by atoms with Gasteiger partial charge >= 0.3 is 0 Å². The first-order valence-corrected chi connectivity index (χ1v) is 8.95. The van der Waals surface area contributed by atoms with Crippen LogP contribution in [0.3, 0.4) is 0 Å². The first kappa shape index (κ1) is 18.1. The van der Waals surface area contributed by atoms with Gasteiger partial charge < -0.3 is 0 Å². The number of sulfonamides is 1. The largest absolute Gasteiger partial charge is 0.289 e. The number of nitrogens with one attached hydrogen (secondary N) is 2. The molecule has 0 aliphatic carbocycles. The zero-order valence-corrected chi connectivity index (χ0v) is 14.2. The first-order valence-electron chi connectivity index (χ1n) is 7.47. The van der Waals surface area contributed by atoms with E-state index in [4.69, 9.17) is 5.21 Å². The van der Waals surface area contributed by atoms with E-state index in [0.717, 1.165) is 11.1 Å². The molecule has 0 aliphatic rings. The Bertz CT molecular complexity index is 787. The third-order valence-corrected chi connectivity index (χ3v) is 5.07. The van der Waals surface area contributed by atoms with E-state index in [2.05, 4.69) is 4.72 Å². The van der Waals surface area contributed by atoms with Gasteiger partial charge in [0.15, 0.2) is 0 Å². The van der Waals surface area contributed by atoms with Gasteiger partial charge in [-0.1, -0.05) is 56.3 Å². The summed E-state index contributed by atoms with van der Waals surface area (Å²) in [6.45, 7) is 3.36. The second kappa shape index (κ2) is 7.57. The number of hydroxylamine groups is 1. The number of carbonyl (C=O) groups excluding carboxylic acids is 1. The van der Waals surface area contributed by atoms with Gasteiger partial charge in [-0.25, -0.2) is 13.9 Å². The van der Waals surface area contributed by atoms with Crippen molar-refractivity contribution in [3.8, 4) is 11.1 Å². The molecule has 24 heavy (non-hydrogen) atoms. The summed E-state index contributed by atoms with van der Waals surface area (Å²) in [5.74, 6) is -1.12. The SMILES string of the molecule is CC(C)C(NS(=O)(=O)c1ccc(-c2ccccc2)cc1)C(=O)NO. The van der Waals surface area contributed by atoms with Gasteiger partial charge in [0.1, 0.15) is 6.04 Å². The van der Waals surface area contributed by atoms with Crippen molar-refractivity contribution in [2.24, 2.45) is 5.92 Å². The van der Waals surface area contributed by atoms with Gasteiger partial charge in [-0.05, 0) is 29.2 Å². The fourth-order valence-corrected chi connectivity index (χ4v) is 3.60. The van der Waals surface area contributed by atoms with Gasteiger partial charge in [-0.3, -0.25) is 10.0 Å². The van der Waals surface area contributed by atoms with E-state index < -0.39 is 22.0 Å². The summed E-state index contributed by atoms with van der Waals surface area (Å²) in [5.41, 5.74) is 3.36. The van der Waals surface area contributed by atoms with Gasteiger partial charge in [-0.15, -0.1) is 0 Å². The third kappa shape index (κ3) is 4.19. The molecule has 1 unspecified atom stereocenters. The molecule has 0 aliphatic heterocycles. The number of carbonyl (C=O) groups is 1. The Hall–Kier alpha value is -2.22. The number of amides is 1. The molecule has 3 N–H and O–H groups in total. The van der Waals surface area contributed by atoms with Crippen molar-refractivity contribution in [2.75, 3.05) is 0 Å². The summed E-state index contributed by atoms with van der Waals surface area (Å²) >= 11 is 0. The van der Waals surface area contributed by atoms with Crippen LogP contribution in [0.1, 0.15) is 13.8 Å². The van der Waals surface area contributed by atoms with E-state index in [1.165, 1.54) is 17.6 Å². The molecule has 1 atom stereocenters. The van der Waals surface area contributed by atoms with Crippen molar-refractivity contribution >= 4 is 15.9 Å². The summed E-state index contributed by atoms with van der Waals surface area (Å²) in [4.78, 5) is 11.7. The standard InChI is InChI=1S/C17H20N2O4S/c1-12(2)16(17(20)18-21)19-24(22,23)15-10-8-14(9-11-15)13-6-4-3-5-7-13/h3-12,16,19,21H,1-2H3,(H,18,20). The van der Waals surface area contributed by atoms with Crippen molar-refractivity contribution in [1.29, 1.82) is 0 Å². The van der Waals surface area contributed by atoms with Gasteiger partial charge in [0.25, 0.3) is 5.91 Å². The first-order chi connectivity index (χ1) is 11.3. The summed E-state index contributed by atoms with van der Waals surface area (Å²) < 4.78 is 27.2. The lowest BCUT2D eigenvalue weighted by Crippen LogP contribution is -2.48. The van der Waals surface area contributed by atoms with Crippen LogP contribution in [-0.2, 0) is 14.8 Å². The Balaban J connectivity index is 2.25. The molecule has 7 heteroatoms. The van der Waals surface area contributed by atoms with Crippen LogP contribution in [0.15, 0.2) is 59.5 Å². The molecule has 0 saturated carbocycles. The summed E-state index contributed by atoms with van der Waals surface area (Å²) in [6, 6.07) is 14.9. The van der Waals surface area contributed by atoms with Crippen LogP contribution in [0.4, 0.5) is 0 Å². The predicted molar refractivity (Wildman–Crippen MR) is 90.8 cm³/mol. The topological polar surface area (TPSA) is 95.5 Å². The molecule has 2 aromatic rings. The maximum Gasteiger partial charge on any atom is 0.261 e. The van der Waals surface area contributed by atoms with Crippen LogP contribution in [0.5, 0.6) is 0 Å². The summed E-state index contributed by atoms with van der Waals surface area (Å²) in [7, 11) is -3.88. The van der Waals surface area contributed by atoms with E-state index in [0.29, 0.717) is 0 Å². The van der Waals surface area contributed by atoms with Gasteiger partial charge in [-0.2, -0.15) is 4.72 Å². The molecular weight excluding hydrogens is 328 g/mol. The molecule has 0 saturated heterocycles. The van der Waals surface area contributed by atoms with E-state index in [9.17, 15) is 13.2 Å². The van der Waals surface area contributed by atoms with Crippen LogP contribution >= 0.6 is 0 Å². The number of hydrogen-bond donors (Lipinski definition) is 3. The fraction of sp³-hybridized carbons (Fsp3) is 0.235. The van der Waals surface area contributed by atoms with Crippen molar-refractivity contribution in [2.45, 2.75) is 24.8 Å². The van der Waals surface area contributed by atoms with Gasteiger partial charge in [0.2, 0.25) is 10.0 Å². The Kier molecular flexibility index (Phi) is 5.71. The minimum absolute atomic E-state index is 0.0542. The Morgan fingerprint density at radius 1 is 0.958 bits per heavy atom. The molecule has 0 heterocycles. The maximum absolute atomic E-state index is 12.4. The second-order valence-corrected chi connectivity index (χ2v) is 7.42. The monoisotopic (exact) mass is 348 g/mol. The lowest BCUT2D eigenvalue weighted by atomic mass is 10.1.